The van der Waals surface area contributed by atoms with Crippen LogP contribution in [0, 0.1) is 0 Å². The molecular weight excluding hydrogens is 294 g/mol. The van der Waals surface area contributed by atoms with Gasteiger partial charge in [0.1, 0.15) is 11.6 Å². The van der Waals surface area contributed by atoms with E-state index in [1.807, 2.05) is 30.3 Å². The molecule has 0 unspecified atom stereocenters. The maximum Gasteiger partial charge on any atom is 0.149 e. The predicted octanol–water partition coefficient (Wildman–Crippen LogP) is 3.05. The van der Waals surface area contributed by atoms with Gasteiger partial charge in [0, 0.05) is 22.8 Å². The summed E-state index contributed by atoms with van der Waals surface area (Å²) in [6, 6.07) is 9.65. The summed E-state index contributed by atoms with van der Waals surface area (Å²) in [6.45, 7) is 0.614. The molecule has 2 rings (SSSR count). The van der Waals surface area contributed by atoms with E-state index in [-0.39, 0.29) is 0 Å². The number of methoxy groups -OCH3 is 1. The number of nitrogen functional groups attached to an aromatic ring is 1. The zero-order valence-corrected chi connectivity index (χ0v) is 11.6. The smallest absolute Gasteiger partial charge is 0.149 e. The lowest BCUT2D eigenvalue weighted by Crippen LogP contribution is -2.05. The van der Waals surface area contributed by atoms with Crippen molar-refractivity contribution >= 4 is 27.4 Å². The van der Waals surface area contributed by atoms with Crippen molar-refractivity contribution in [1.82, 2.24) is 4.98 Å². The highest BCUT2D eigenvalue weighted by Gasteiger charge is 2.04. The molecule has 94 valence electrons. The molecular formula is C13H14BrN3O. The number of nitrogens with one attached hydrogen (secondary N) is 1. The van der Waals surface area contributed by atoms with Gasteiger partial charge in [-0.25, -0.2) is 4.98 Å². The minimum atomic E-state index is 0.610. The number of hydrogen-bond donors (Lipinski definition) is 2. The molecule has 0 amide bonds. The van der Waals surface area contributed by atoms with Crippen LogP contribution < -0.4 is 15.8 Å². The summed E-state index contributed by atoms with van der Waals surface area (Å²) in [4.78, 5) is 4.22. The van der Waals surface area contributed by atoms with Crippen LogP contribution in [0.3, 0.4) is 0 Å². The van der Waals surface area contributed by atoms with Crippen molar-refractivity contribution in [2.45, 2.75) is 6.54 Å². The van der Waals surface area contributed by atoms with Crippen LogP contribution in [0.1, 0.15) is 5.56 Å². The van der Waals surface area contributed by atoms with Gasteiger partial charge in [0.2, 0.25) is 0 Å². The third-order valence-electron chi connectivity index (χ3n) is 2.52. The van der Waals surface area contributed by atoms with Crippen molar-refractivity contribution in [2.75, 3.05) is 18.2 Å². The lowest BCUT2D eigenvalue weighted by molar-refractivity contribution is 0.410. The maximum absolute atomic E-state index is 5.87. The molecule has 18 heavy (non-hydrogen) atoms. The average Bonchev–Trinajstić information content (AvgIpc) is 2.38. The van der Waals surface area contributed by atoms with Gasteiger partial charge in [-0.15, -0.1) is 0 Å². The van der Waals surface area contributed by atoms with Crippen LogP contribution in [0.2, 0.25) is 0 Å². The van der Waals surface area contributed by atoms with Crippen LogP contribution in [-0.4, -0.2) is 12.1 Å². The summed E-state index contributed by atoms with van der Waals surface area (Å²) in [6.07, 6.45) is 1.71. The van der Waals surface area contributed by atoms with Gasteiger partial charge in [-0.2, -0.15) is 0 Å². The van der Waals surface area contributed by atoms with Crippen LogP contribution in [0.4, 0.5) is 11.5 Å². The molecule has 4 nitrogen and oxygen atoms in total. The highest BCUT2D eigenvalue weighted by Crippen LogP contribution is 2.22. The molecule has 0 aliphatic heterocycles. The van der Waals surface area contributed by atoms with Crippen molar-refractivity contribution in [2.24, 2.45) is 0 Å². The Kier molecular flexibility index (Phi) is 4.04. The lowest BCUT2D eigenvalue weighted by atomic mass is 10.2. The number of benzene rings is 1. The SMILES string of the molecule is COc1ccccc1CNc1ncc(Br)cc1N. The van der Waals surface area contributed by atoms with E-state index < -0.39 is 0 Å². The van der Waals surface area contributed by atoms with Gasteiger partial charge >= 0.3 is 0 Å². The van der Waals surface area contributed by atoms with Crippen molar-refractivity contribution < 1.29 is 4.74 Å². The number of nitrogens with two attached hydrogens (primary N) is 1. The second-order valence-corrected chi connectivity index (χ2v) is 4.67. The van der Waals surface area contributed by atoms with Crippen LogP contribution in [0.15, 0.2) is 41.0 Å². The minimum absolute atomic E-state index is 0.610. The molecule has 5 heteroatoms. The van der Waals surface area contributed by atoms with E-state index in [0.29, 0.717) is 18.1 Å². The monoisotopic (exact) mass is 307 g/mol. The molecule has 0 saturated carbocycles. The summed E-state index contributed by atoms with van der Waals surface area (Å²) in [5, 5.41) is 3.19. The van der Waals surface area contributed by atoms with E-state index in [0.717, 1.165) is 15.8 Å². The van der Waals surface area contributed by atoms with Gasteiger partial charge < -0.3 is 15.8 Å². The van der Waals surface area contributed by atoms with E-state index in [4.69, 9.17) is 10.5 Å². The molecule has 0 saturated heterocycles. The van der Waals surface area contributed by atoms with Gasteiger partial charge in [-0.3, -0.25) is 0 Å². The molecule has 2 aromatic rings. The van der Waals surface area contributed by atoms with Crippen molar-refractivity contribution in [3.63, 3.8) is 0 Å². The summed E-state index contributed by atoms with van der Waals surface area (Å²) >= 11 is 3.32. The van der Waals surface area contributed by atoms with Gasteiger partial charge in [-0.05, 0) is 28.1 Å². The molecule has 0 bridgehead atoms. The number of para-hydroxylation sites is 1. The Labute approximate surface area is 114 Å². The van der Waals surface area contributed by atoms with Crippen LogP contribution in [-0.2, 0) is 6.54 Å². The molecule has 0 aliphatic rings. The molecule has 1 aromatic heterocycles. The van der Waals surface area contributed by atoms with E-state index in [1.165, 1.54) is 0 Å². The van der Waals surface area contributed by atoms with Crippen molar-refractivity contribution in [3.05, 3.63) is 46.6 Å². The van der Waals surface area contributed by atoms with Crippen molar-refractivity contribution in [1.29, 1.82) is 0 Å². The van der Waals surface area contributed by atoms with Crippen molar-refractivity contribution in [3.8, 4) is 5.75 Å². The van der Waals surface area contributed by atoms with E-state index in [9.17, 15) is 0 Å². The van der Waals surface area contributed by atoms with Gasteiger partial charge in [0.15, 0.2) is 0 Å². The Hall–Kier alpha value is -1.75. The van der Waals surface area contributed by atoms with E-state index in [2.05, 4.69) is 26.2 Å². The number of rotatable bonds is 4. The third-order valence-corrected chi connectivity index (χ3v) is 2.96. The summed E-state index contributed by atoms with van der Waals surface area (Å²) in [7, 11) is 1.66. The fourth-order valence-corrected chi connectivity index (χ4v) is 1.98. The molecule has 0 aliphatic carbocycles. The van der Waals surface area contributed by atoms with Crippen LogP contribution >= 0.6 is 15.9 Å². The standard InChI is InChI=1S/C13H14BrN3O/c1-18-12-5-3-2-4-9(12)7-16-13-11(15)6-10(14)8-17-13/h2-6,8H,7,15H2,1H3,(H,16,17). The van der Waals surface area contributed by atoms with Gasteiger partial charge in [0.05, 0.1) is 12.8 Å². The quantitative estimate of drug-likeness (QED) is 0.911. The Morgan fingerprint density at radius 2 is 2.17 bits per heavy atom. The van der Waals surface area contributed by atoms with Gasteiger partial charge in [0.25, 0.3) is 0 Å². The second-order valence-electron chi connectivity index (χ2n) is 3.76. The Morgan fingerprint density at radius 3 is 2.89 bits per heavy atom. The number of halogens is 1. The topological polar surface area (TPSA) is 60.2 Å². The Balaban J connectivity index is 2.11. The summed E-state index contributed by atoms with van der Waals surface area (Å²) < 4.78 is 6.15. The molecule has 0 spiro atoms. The largest absolute Gasteiger partial charge is 0.496 e. The number of pyridine rings is 1. The number of nitrogens with zero attached hydrogens (tertiary/aromatic N) is 1. The lowest BCUT2D eigenvalue weighted by Gasteiger charge is -2.11. The predicted molar refractivity (Wildman–Crippen MR) is 76.7 cm³/mol. The first-order chi connectivity index (χ1) is 8.70. The summed E-state index contributed by atoms with van der Waals surface area (Å²) in [5.74, 6) is 1.52. The Morgan fingerprint density at radius 1 is 1.39 bits per heavy atom. The first-order valence-corrected chi connectivity index (χ1v) is 6.27. The highest BCUT2D eigenvalue weighted by atomic mass is 79.9. The molecule has 0 atom stereocenters. The molecule has 1 heterocycles. The van der Waals surface area contributed by atoms with Crippen LogP contribution in [0.5, 0.6) is 5.75 Å². The zero-order valence-electron chi connectivity index (χ0n) is 9.98. The maximum atomic E-state index is 5.87. The number of anilines is 2. The fraction of sp³-hybridized carbons (Fsp3) is 0.154. The summed E-state index contributed by atoms with van der Waals surface area (Å²) in [5.41, 5.74) is 7.54. The van der Waals surface area contributed by atoms with E-state index in [1.54, 1.807) is 13.3 Å². The number of aromatic nitrogens is 1. The normalized spacial score (nSPS) is 10.1. The highest BCUT2D eigenvalue weighted by molar-refractivity contribution is 9.10. The number of hydrogen-bond acceptors (Lipinski definition) is 4. The molecule has 0 radical (unpaired) electrons. The zero-order chi connectivity index (χ0) is 13.0. The molecule has 1 aromatic carbocycles. The first kappa shape index (κ1) is 12.7. The molecule has 0 fully saturated rings. The van der Waals surface area contributed by atoms with Crippen LogP contribution in [0.25, 0.3) is 0 Å². The third kappa shape index (κ3) is 2.92. The Bertz CT molecular complexity index is 546. The average molecular weight is 308 g/mol. The second kappa shape index (κ2) is 5.73. The number of ether oxygens (including phenoxy) is 1. The minimum Gasteiger partial charge on any atom is -0.496 e. The first-order valence-electron chi connectivity index (χ1n) is 5.47. The van der Waals surface area contributed by atoms with Gasteiger partial charge in [-0.1, -0.05) is 18.2 Å². The fourth-order valence-electron chi connectivity index (χ4n) is 1.63. The van der Waals surface area contributed by atoms with E-state index >= 15 is 0 Å². The molecule has 3 N–H and O–H groups in total.